The fraction of sp³-hybridized carbons (Fsp3) is 0.643. The lowest BCUT2D eigenvalue weighted by Gasteiger charge is -2.32. The van der Waals surface area contributed by atoms with Gasteiger partial charge in [0.2, 0.25) is 10.0 Å². The number of halogens is 1. The molecule has 0 aliphatic carbocycles. The zero-order valence-corrected chi connectivity index (χ0v) is 13.2. The van der Waals surface area contributed by atoms with E-state index in [1.807, 2.05) is 13.8 Å². The van der Waals surface area contributed by atoms with E-state index in [0.717, 1.165) is 38.1 Å². The van der Waals surface area contributed by atoms with Gasteiger partial charge in [-0.05, 0) is 39.3 Å². The van der Waals surface area contributed by atoms with E-state index in [1.165, 1.54) is 10.5 Å². The molecule has 1 atom stereocenters. The Morgan fingerprint density at radius 1 is 1.43 bits per heavy atom. The Morgan fingerprint density at radius 2 is 2.19 bits per heavy atom. The first-order valence-corrected chi connectivity index (χ1v) is 8.71. The highest BCUT2D eigenvalue weighted by atomic mass is 32.2. The van der Waals surface area contributed by atoms with E-state index in [9.17, 15) is 12.8 Å². The Labute approximate surface area is 125 Å². The molecule has 0 aromatic carbocycles. The molecule has 1 aliphatic heterocycles. The maximum atomic E-state index is 13.3. The Balaban J connectivity index is 2.23. The zero-order chi connectivity index (χ0) is 15.5. The lowest BCUT2D eigenvalue weighted by atomic mass is 10.1. The van der Waals surface area contributed by atoms with Gasteiger partial charge in [-0.25, -0.2) is 12.8 Å². The molecule has 0 spiro atoms. The van der Waals surface area contributed by atoms with Gasteiger partial charge in [-0.2, -0.15) is 4.31 Å². The van der Waals surface area contributed by atoms with Crippen LogP contribution in [-0.2, 0) is 10.0 Å². The third kappa shape index (κ3) is 3.99. The predicted octanol–water partition coefficient (Wildman–Crippen LogP) is 1.76. The van der Waals surface area contributed by atoms with Crippen molar-refractivity contribution in [1.29, 1.82) is 0 Å². The fourth-order valence-corrected chi connectivity index (χ4v) is 4.21. The Bertz CT molecular complexity index is 571. The van der Waals surface area contributed by atoms with E-state index in [0.29, 0.717) is 6.54 Å². The standard InChI is InChI=1S/C14H22FN3O2S/c1-11(2)18(10-13-5-3-4-6-17-13)21(19,20)14-7-12(15)8-16-9-14/h7-9,11,13,17H,3-6,10H2,1-2H3. The minimum atomic E-state index is -3.73. The third-order valence-corrected chi connectivity index (χ3v) is 5.68. The van der Waals surface area contributed by atoms with Crippen LogP contribution in [0, 0.1) is 5.82 Å². The highest BCUT2D eigenvalue weighted by molar-refractivity contribution is 7.89. The largest absolute Gasteiger partial charge is 0.313 e. The van der Waals surface area contributed by atoms with Crippen LogP contribution in [0.2, 0.25) is 0 Å². The number of nitrogens with one attached hydrogen (secondary N) is 1. The minimum Gasteiger partial charge on any atom is -0.313 e. The maximum Gasteiger partial charge on any atom is 0.244 e. The smallest absolute Gasteiger partial charge is 0.244 e. The molecule has 1 N–H and O–H groups in total. The van der Waals surface area contributed by atoms with Gasteiger partial charge in [0.25, 0.3) is 0 Å². The summed E-state index contributed by atoms with van der Waals surface area (Å²) in [4.78, 5) is 3.55. The van der Waals surface area contributed by atoms with Crippen LogP contribution in [0.3, 0.4) is 0 Å². The SMILES string of the molecule is CC(C)N(CC1CCCCN1)S(=O)(=O)c1cncc(F)c1. The van der Waals surface area contributed by atoms with Crippen molar-refractivity contribution in [2.24, 2.45) is 0 Å². The normalized spacial score (nSPS) is 20.1. The molecule has 1 fully saturated rings. The van der Waals surface area contributed by atoms with E-state index >= 15 is 0 Å². The summed E-state index contributed by atoms with van der Waals surface area (Å²) >= 11 is 0. The predicted molar refractivity (Wildman–Crippen MR) is 78.9 cm³/mol. The van der Waals surface area contributed by atoms with Crippen molar-refractivity contribution >= 4 is 10.0 Å². The van der Waals surface area contributed by atoms with Crippen LogP contribution in [0.15, 0.2) is 23.4 Å². The zero-order valence-electron chi connectivity index (χ0n) is 12.4. The van der Waals surface area contributed by atoms with Crippen LogP contribution >= 0.6 is 0 Å². The van der Waals surface area contributed by atoms with Gasteiger partial charge in [0.05, 0.1) is 6.20 Å². The number of hydrogen-bond donors (Lipinski definition) is 1. The molecular weight excluding hydrogens is 293 g/mol. The Hall–Kier alpha value is -1.05. The summed E-state index contributed by atoms with van der Waals surface area (Å²) in [7, 11) is -3.73. The van der Waals surface area contributed by atoms with Gasteiger partial charge >= 0.3 is 0 Å². The lowest BCUT2D eigenvalue weighted by molar-refractivity contribution is 0.282. The molecular formula is C14H22FN3O2S. The van der Waals surface area contributed by atoms with Crippen molar-refractivity contribution in [3.63, 3.8) is 0 Å². The average molecular weight is 315 g/mol. The summed E-state index contributed by atoms with van der Waals surface area (Å²) in [6.07, 6.45) is 5.38. The van der Waals surface area contributed by atoms with Crippen LogP contribution < -0.4 is 5.32 Å². The second-order valence-corrected chi connectivity index (χ2v) is 7.54. The van der Waals surface area contributed by atoms with Crippen molar-refractivity contribution in [2.45, 2.75) is 50.1 Å². The number of rotatable bonds is 5. The van der Waals surface area contributed by atoms with Gasteiger partial charge in [-0.1, -0.05) is 6.42 Å². The molecule has 1 aliphatic rings. The van der Waals surface area contributed by atoms with E-state index in [1.54, 1.807) is 0 Å². The molecule has 118 valence electrons. The lowest BCUT2D eigenvalue weighted by Crippen LogP contribution is -2.48. The highest BCUT2D eigenvalue weighted by Crippen LogP contribution is 2.20. The quantitative estimate of drug-likeness (QED) is 0.899. The number of pyridine rings is 1. The fourth-order valence-electron chi connectivity index (χ4n) is 2.55. The summed E-state index contributed by atoms with van der Waals surface area (Å²) in [6, 6.07) is 0.978. The van der Waals surface area contributed by atoms with Crippen molar-refractivity contribution < 1.29 is 12.8 Å². The maximum absolute atomic E-state index is 13.3. The molecule has 2 rings (SSSR count). The van der Waals surface area contributed by atoms with Gasteiger partial charge in [-0.3, -0.25) is 4.98 Å². The van der Waals surface area contributed by atoms with Crippen LogP contribution in [0.4, 0.5) is 4.39 Å². The summed E-state index contributed by atoms with van der Waals surface area (Å²) in [5.74, 6) is -0.643. The first-order valence-electron chi connectivity index (χ1n) is 7.27. The first kappa shape index (κ1) is 16.3. The molecule has 0 saturated carbocycles. The second kappa shape index (κ2) is 6.81. The molecule has 1 saturated heterocycles. The van der Waals surface area contributed by atoms with Gasteiger partial charge in [-0.15, -0.1) is 0 Å². The number of aromatic nitrogens is 1. The molecule has 21 heavy (non-hydrogen) atoms. The number of piperidine rings is 1. The summed E-state index contributed by atoms with van der Waals surface area (Å²) < 4.78 is 40.1. The van der Waals surface area contributed by atoms with E-state index in [-0.39, 0.29) is 17.0 Å². The molecule has 0 bridgehead atoms. The molecule has 0 radical (unpaired) electrons. The molecule has 1 aromatic heterocycles. The molecule has 2 heterocycles. The van der Waals surface area contributed by atoms with Gasteiger partial charge < -0.3 is 5.32 Å². The molecule has 7 heteroatoms. The van der Waals surface area contributed by atoms with E-state index in [4.69, 9.17) is 0 Å². The average Bonchev–Trinajstić information content (AvgIpc) is 2.45. The third-order valence-electron chi connectivity index (χ3n) is 3.68. The Kier molecular flexibility index (Phi) is 5.29. The van der Waals surface area contributed by atoms with Crippen LogP contribution in [0.5, 0.6) is 0 Å². The molecule has 5 nitrogen and oxygen atoms in total. The molecule has 0 amide bonds. The highest BCUT2D eigenvalue weighted by Gasteiger charge is 2.30. The van der Waals surface area contributed by atoms with Crippen LogP contribution in [0.1, 0.15) is 33.1 Å². The summed E-state index contributed by atoms with van der Waals surface area (Å²) in [5.41, 5.74) is 0. The molecule has 1 unspecified atom stereocenters. The topological polar surface area (TPSA) is 62.3 Å². The van der Waals surface area contributed by atoms with E-state index in [2.05, 4.69) is 10.3 Å². The molecule has 1 aromatic rings. The van der Waals surface area contributed by atoms with Gasteiger partial charge in [0, 0.05) is 24.8 Å². The van der Waals surface area contributed by atoms with E-state index < -0.39 is 15.8 Å². The van der Waals surface area contributed by atoms with Crippen molar-refractivity contribution in [1.82, 2.24) is 14.6 Å². The van der Waals surface area contributed by atoms with Crippen molar-refractivity contribution in [3.8, 4) is 0 Å². The number of nitrogens with zero attached hydrogens (tertiary/aromatic N) is 2. The number of hydrogen-bond acceptors (Lipinski definition) is 4. The van der Waals surface area contributed by atoms with Crippen LogP contribution in [0.25, 0.3) is 0 Å². The number of sulfonamides is 1. The van der Waals surface area contributed by atoms with Crippen molar-refractivity contribution in [3.05, 3.63) is 24.3 Å². The monoisotopic (exact) mass is 315 g/mol. The van der Waals surface area contributed by atoms with Crippen molar-refractivity contribution in [2.75, 3.05) is 13.1 Å². The minimum absolute atomic E-state index is 0.0907. The van der Waals surface area contributed by atoms with Crippen LogP contribution in [-0.4, -0.2) is 42.9 Å². The summed E-state index contributed by atoms with van der Waals surface area (Å²) in [5, 5.41) is 3.34. The first-order chi connectivity index (χ1) is 9.91. The van der Waals surface area contributed by atoms with Gasteiger partial charge in [0.15, 0.2) is 0 Å². The second-order valence-electron chi connectivity index (χ2n) is 5.65. The Morgan fingerprint density at radius 3 is 2.76 bits per heavy atom. The van der Waals surface area contributed by atoms with Gasteiger partial charge in [0.1, 0.15) is 10.7 Å². The summed E-state index contributed by atoms with van der Waals surface area (Å²) in [6.45, 7) is 4.97.